The lowest BCUT2D eigenvalue weighted by Gasteiger charge is -2.31. The van der Waals surface area contributed by atoms with Crippen LogP contribution in [0.5, 0.6) is 5.75 Å². The Morgan fingerprint density at radius 3 is 2.84 bits per heavy atom. The molecule has 1 fully saturated rings. The van der Waals surface area contributed by atoms with Gasteiger partial charge in [-0.3, -0.25) is 4.79 Å². The summed E-state index contributed by atoms with van der Waals surface area (Å²) < 4.78 is 5.36. The summed E-state index contributed by atoms with van der Waals surface area (Å²) in [4.78, 5) is 14.5. The van der Waals surface area contributed by atoms with E-state index >= 15 is 0 Å². The van der Waals surface area contributed by atoms with Crippen LogP contribution in [0.25, 0.3) is 0 Å². The first-order chi connectivity index (χ1) is 9.02. The molecule has 0 spiro atoms. The standard InChI is InChI=1S/C15H20ClNO2/c1-10-5-4-6-17(9-10)15(18)13-8-12(16)7-11(2)14(13)19-3/h7-8,10H,4-6,9H2,1-3H3. The summed E-state index contributed by atoms with van der Waals surface area (Å²) in [6, 6.07) is 3.52. The number of carbonyl (C=O) groups is 1. The Bertz CT molecular complexity index is 487. The molecule has 0 aliphatic carbocycles. The molecule has 1 aromatic carbocycles. The zero-order chi connectivity index (χ0) is 14.0. The number of hydrogen-bond donors (Lipinski definition) is 0. The summed E-state index contributed by atoms with van der Waals surface area (Å²) in [6.45, 7) is 5.71. The zero-order valence-corrected chi connectivity index (χ0v) is 12.5. The molecule has 2 rings (SSSR count). The normalized spacial score (nSPS) is 19.4. The summed E-state index contributed by atoms with van der Waals surface area (Å²) in [5.74, 6) is 1.21. The maximum Gasteiger partial charge on any atom is 0.257 e. The lowest BCUT2D eigenvalue weighted by Crippen LogP contribution is -2.39. The summed E-state index contributed by atoms with van der Waals surface area (Å²) in [5, 5.41) is 0.576. The van der Waals surface area contributed by atoms with Gasteiger partial charge in [-0.05, 0) is 43.4 Å². The van der Waals surface area contributed by atoms with E-state index in [0.717, 1.165) is 25.1 Å². The van der Waals surface area contributed by atoms with E-state index in [2.05, 4.69) is 6.92 Å². The minimum Gasteiger partial charge on any atom is -0.496 e. The predicted octanol–water partition coefficient (Wildman–Crippen LogP) is 3.53. The number of nitrogens with zero attached hydrogens (tertiary/aromatic N) is 1. The number of rotatable bonds is 2. The molecule has 3 nitrogen and oxygen atoms in total. The van der Waals surface area contributed by atoms with E-state index in [9.17, 15) is 4.79 Å². The molecule has 1 amide bonds. The topological polar surface area (TPSA) is 29.5 Å². The molecule has 0 bridgehead atoms. The molecule has 1 aromatic rings. The van der Waals surface area contributed by atoms with Crippen molar-refractivity contribution >= 4 is 17.5 Å². The molecule has 1 saturated heterocycles. The Labute approximate surface area is 119 Å². The number of aryl methyl sites for hydroxylation is 1. The zero-order valence-electron chi connectivity index (χ0n) is 11.7. The van der Waals surface area contributed by atoms with E-state index in [4.69, 9.17) is 16.3 Å². The number of ether oxygens (including phenoxy) is 1. The van der Waals surface area contributed by atoms with Gasteiger partial charge < -0.3 is 9.64 Å². The molecule has 104 valence electrons. The first-order valence-electron chi connectivity index (χ1n) is 6.66. The number of amides is 1. The van der Waals surface area contributed by atoms with Crippen molar-refractivity contribution in [3.8, 4) is 5.75 Å². The van der Waals surface area contributed by atoms with Crippen molar-refractivity contribution < 1.29 is 9.53 Å². The van der Waals surface area contributed by atoms with Gasteiger partial charge in [0.05, 0.1) is 12.7 Å². The molecule has 4 heteroatoms. The van der Waals surface area contributed by atoms with Crippen molar-refractivity contribution in [2.24, 2.45) is 5.92 Å². The Hall–Kier alpha value is -1.22. The third kappa shape index (κ3) is 3.03. The Balaban J connectivity index is 2.32. The highest BCUT2D eigenvalue weighted by atomic mass is 35.5. The largest absolute Gasteiger partial charge is 0.496 e. The maximum absolute atomic E-state index is 12.6. The first-order valence-corrected chi connectivity index (χ1v) is 7.04. The van der Waals surface area contributed by atoms with Crippen LogP contribution in [-0.2, 0) is 0 Å². The van der Waals surface area contributed by atoms with Gasteiger partial charge in [0.15, 0.2) is 0 Å². The SMILES string of the molecule is COc1c(C)cc(Cl)cc1C(=O)N1CCCC(C)C1. The molecule has 19 heavy (non-hydrogen) atoms. The summed E-state index contributed by atoms with van der Waals surface area (Å²) in [5.41, 5.74) is 1.46. The van der Waals surface area contributed by atoms with Crippen LogP contribution in [0, 0.1) is 12.8 Å². The molecule has 0 N–H and O–H groups in total. The second-order valence-electron chi connectivity index (χ2n) is 5.30. The van der Waals surface area contributed by atoms with Crippen LogP contribution in [0.15, 0.2) is 12.1 Å². The van der Waals surface area contributed by atoms with Crippen LogP contribution >= 0.6 is 11.6 Å². The van der Waals surface area contributed by atoms with Crippen molar-refractivity contribution in [3.63, 3.8) is 0 Å². The molecule has 1 unspecified atom stereocenters. The van der Waals surface area contributed by atoms with Crippen LogP contribution in [-0.4, -0.2) is 31.0 Å². The Morgan fingerprint density at radius 2 is 2.21 bits per heavy atom. The Morgan fingerprint density at radius 1 is 1.47 bits per heavy atom. The number of piperidine rings is 1. The van der Waals surface area contributed by atoms with E-state index in [1.807, 2.05) is 17.9 Å². The quantitative estimate of drug-likeness (QED) is 0.830. The van der Waals surface area contributed by atoms with E-state index < -0.39 is 0 Å². The lowest BCUT2D eigenvalue weighted by atomic mass is 9.99. The van der Waals surface area contributed by atoms with Crippen molar-refractivity contribution in [2.45, 2.75) is 26.7 Å². The van der Waals surface area contributed by atoms with Crippen molar-refractivity contribution in [1.29, 1.82) is 0 Å². The summed E-state index contributed by atoms with van der Waals surface area (Å²) in [7, 11) is 1.59. The van der Waals surface area contributed by atoms with E-state index in [1.54, 1.807) is 13.2 Å². The number of benzene rings is 1. The van der Waals surface area contributed by atoms with Gasteiger partial charge in [0.2, 0.25) is 0 Å². The van der Waals surface area contributed by atoms with Gasteiger partial charge in [-0.15, -0.1) is 0 Å². The third-order valence-electron chi connectivity index (χ3n) is 3.62. The van der Waals surface area contributed by atoms with Crippen LogP contribution in [0.2, 0.25) is 5.02 Å². The van der Waals surface area contributed by atoms with Gasteiger partial charge in [0.1, 0.15) is 5.75 Å². The van der Waals surface area contributed by atoms with E-state index in [1.165, 1.54) is 6.42 Å². The fraction of sp³-hybridized carbons (Fsp3) is 0.533. The van der Waals surface area contributed by atoms with Crippen LogP contribution < -0.4 is 4.74 Å². The third-order valence-corrected chi connectivity index (χ3v) is 3.84. The van der Waals surface area contributed by atoms with Gasteiger partial charge in [-0.2, -0.15) is 0 Å². The number of likely N-dealkylation sites (tertiary alicyclic amines) is 1. The highest BCUT2D eigenvalue weighted by Crippen LogP contribution is 2.29. The van der Waals surface area contributed by atoms with Crippen LogP contribution in [0.3, 0.4) is 0 Å². The highest BCUT2D eigenvalue weighted by Gasteiger charge is 2.25. The number of methoxy groups -OCH3 is 1. The van der Waals surface area contributed by atoms with Gasteiger partial charge in [-0.25, -0.2) is 0 Å². The number of halogens is 1. The average Bonchev–Trinajstić information content (AvgIpc) is 2.37. The molecule has 0 radical (unpaired) electrons. The monoisotopic (exact) mass is 281 g/mol. The molecule has 1 heterocycles. The predicted molar refractivity (Wildman–Crippen MR) is 77.0 cm³/mol. The second kappa shape index (κ2) is 5.83. The fourth-order valence-electron chi connectivity index (χ4n) is 2.70. The summed E-state index contributed by atoms with van der Waals surface area (Å²) in [6.07, 6.45) is 2.25. The minimum atomic E-state index is 0.0222. The minimum absolute atomic E-state index is 0.0222. The van der Waals surface area contributed by atoms with Gasteiger partial charge in [-0.1, -0.05) is 18.5 Å². The summed E-state index contributed by atoms with van der Waals surface area (Å²) >= 11 is 6.06. The molecule has 0 aromatic heterocycles. The fourth-order valence-corrected chi connectivity index (χ4v) is 2.98. The van der Waals surface area contributed by atoms with Crippen molar-refractivity contribution in [2.75, 3.05) is 20.2 Å². The van der Waals surface area contributed by atoms with Crippen molar-refractivity contribution in [1.82, 2.24) is 4.90 Å². The molecule has 1 aliphatic heterocycles. The van der Waals surface area contributed by atoms with Gasteiger partial charge >= 0.3 is 0 Å². The molecular weight excluding hydrogens is 262 g/mol. The van der Waals surface area contributed by atoms with E-state index in [0.29, 0.717) is 22.3 Å². The van der Waals surface area contributed by atoms with E-state index in [-0.39, 0.29) is 5.91 Å². The smallest absolute Gasteiger partial charge is 0.257 e. The maximum atomic E-state index is 12.6. The highest BCUT2D eigenvalue weighted by molar-refractivity contribution is 6.31. The average molecular weight is 282 g/mol. The molecule has 0 saturated carbocycles. The molecular formula is C15H20ClNO2. The van der Waals surface area contributed by atoms with Crippen molar-refractivity contribution in [3.05, 3.63) is 28.3 Å². The number of carbonyl (C=O) groups excluding carboxylic acids is 1. The van der Waals surface area contributed by atoms with Crippen LogP contribution in [0.1, 0.15) is 35.7 Å². The molecule has 1 atom stereocenters. The molecule has 1 aliphatic rings. The van der Waals surface area contributed by atoms with Gasteiger partial charge in [0.25, 0.3) is 5.91 Å². The van der Waals surface area contributed by atoms with Gasteiger partial charge in [0, 0.05) is 18.1 Å². The lowest BCUT2D eigenvalue weighted by molar-refractivity contribution is 0.0679. The van der Waals surface area contributed by atoms with Crippen LogP contribution in [0.4, 0.5) is 0 Å². The first kappa shape index (κ1) is 14.2. The number of hydrogen-bond acceptors (Lipinski definition) is 2. The Kier molecular flexibility index (Phi) is 4.35. The second-order valence-corrected chi connectivity index (χ2v) is 5.74.